The predicted octanol–water partition coefficient (Wildman–Crippen LogP) is 2.13. The fraction of sp³-hybridized carbons (Fsp3) is 0. The van der Waals surface area contributed by atoms with Crippen LogP contribution in [0.3, 0.4) is 0 Å². The van der Waals surface area contributed by atoms with Crippen LogP contribution in [0, 0.1) is 0 Å². The third kappa shape index (κ3) is 2.97. The maximum atomic E-state index is 3.67. The molecule has 3 aromatic carbocycles. The molecule has 3 heteroatoms. The molecule has 19 heavy (non-hydrogen) atoms. The zero-order valence-electron chi connectivity index (χ0n) is 10.0. The summed E-state index contributed by atoms with van der Waals surface area (Å²) in [6.45, 7) is 0. The second-order valence-electron chi connectivity index (χ2n) is 4.10. The summed E-state index contributed by atoms with van der Waals surface area (Å²) in [5.41, 5.74) is 0. The number of hydrogen-bond donors (Lipinski definition) is 0. The van der Waals surface area contributed by atoms with Gasteiger partial charge in [0.25, 0.3) is 0 Å². The molecule has 3 aromatic rings. The molecule has 0 saturated heterocycles. The van der Waals surface area contributed by atoms with Crippen molar-refractivity contribution in [2.45, 2.75) is 0 Å². The first-order valence-corrected chi connectivity index (χ1v) is 12.5. The summed E-state index contributed by atoms with van der Waals surface area (Å²) in [7, 11) is 0. The zero-order chi connectivity index (χ0) is 13.1. The molecule has 0 fully saturated rings. The van der Waals surface area contributed by atoms with E-state index in [1.54, 1.807) is 0 Å². The Morgan fingerprint density at radius 2 is 1.37 bits per heavy atom. The molecule has 0 aliphatic carbocycles. The van der Waals surface area contributed by atoms with E-state index in [0.717, 1.165) is 0 Å². The van der Waals surface area contributed by atoms with Crippen molar-refractivity contribution in [3.63, 3.8) is 0 Å². The molecule has 0 atom stereocenters. The summed E-state index contributed by atoms with van der Waals surface area (Å²) >= 11 is 4.39. The van der Waals surface area contributed by atoms with Crippen molar-refractivity contribution >= 4 is 66.4 Å². The van der Waals surface area contributed by atoms with Gasteiger partial charge in [-0.3, -0.25) is 0 Å². The monoisotopic (exact) mass is 442 g/mol. The molecule has 0 heterocycles. The Morgan fingerprint density at radius 1 is 0.684 bits per heavy atom. The molecule has 0 spiro atoms. The standard InChI is InChI=1S/C16H11BrSe2/c17-19-15-11-5-7-12-6-4-10-14(16(12)15)18-13-8-2-1-3-9-13/h1-11H. The molecule has 0 aliphatic rings. The minimum atomic E-state index is 0.357. The molecule has 0 aliphatic heterocycles. The van der Waals surface area contributed by atoms with Crippen LogP contribution in [0.2, 0.25) is 0 Å². The second-order valence-corrected chi connectivity index (χ2v) is 9.37. The molecule has 0 aromatic heterocycles. The molecule has 94 valence electrons. The molecule has 0 radical (unpaired) electrons. The summed E-state index contributed by atoms with van der Waals surface area (Å²) in [5.74, 6) is 0. The van der Waals surface area contributed by atoms with Gasteiger partial charge in [-0.1, -0.05) is 0 Å². The molecule has 0 bridgehead atoms. The average molecular weight is 441 g/mol. The van der Waals surface area contributed by atoms with Crippen LogP contribution < -0.4 is 13.4 Å². The molecule has 0 N–H and O–H groups in total. The van der Waals surface area contributed by atoms with Crippen molar-refractivity contribution in [2.24, 2.45) is 0 Å². The third-order valence-electron chi connectivity index (χ3n) is 2.88. The summed E-state index contributed by atoms with van der Waals surface area (Å²) in [6, 6.07) is 24.0. The van der Waals surface area contributed by atoms with Crippen molar-refractivity contribution in [3.8, 4) is 0 Å². The van der Waals surface area contributed by atoms with Gasteiger partial charge in [0, 0.05) is 0 Å². The fourth-order valence-corrected chi connectivity index (χ4v) is 6.83. The Labute approximate surface area is 132 Å². The summed E-state index contributed by atoms with van der Waals surface area (Å²) in [6.07, 6.45) is 0. The van der Waals surface area contributed by atoms with Crippen LogP contribution in [0.5, 0.6) is 0 Å². The topological polar surface area (TPSA) is 0 Å². The quantitative estimate of drug-likeness (QED) is 0.547. The second kappa shape index (κ2) is 6.26. The molecule has 0 nitrogen and oxygen atoms in total. The van der Waals surface area contributed by atoms with Crippen LogP contribution >= 0.6 is 14.1 Å². The van der Waals surface area contributed by atoms with Gasteiger partial charge in [-0.15, -0.1) is 0 Å². The van der Waals surface area contributed by atoms with Gasteiger partial charge in [0.2, 0.25) is 0 Å². The molecule has 0 unspecified atom stereocenters. The van der Waals surface area contributed by atoms with Gasteiger partial charge in [-0.25, -0.2) is 0 Å². The van der Waals surface area contributed by atoms with Gasteiger partial charge >= 0.3 is 133 Å². The summed E-state index contributed by atoms with van der Waals surface area (Å²) < 4.78 is 4.35. The van der Waals surface area contributed by atoms with Crippen LogP contribution in [0.4, 0.5) is 0 Å². The first-order valence-electron chi connectivity index (χ1n) is 5.92. The summed E-state index contributed by atoms with van der Waals surface area (Å²) in [4.78, 5) is 0. The van der Waals surface area contributed by atoms with E-state index < -0.39 is 0 Å². The van der Waals surface area contributed by atoms with Gasteiger partial charge in [0.05, 0.1) is 0 Å². The van der Waals surface area contributed by atoms with Gasteiger partial charge in [-0.05, 0) is 0 Å². The first-order chi connectivity index (χ1) is 9.38. The molecule has 0 amide bonds. The Kier molecular flexibility index (Phi) is 4.42. The van der Waals surface area contributed by atoms with E-state index in [2.05, 4.69) is 80.8 Å². The Balaban J connectivity index is 2.13. The van der Waals surface area contributed by atoms with Crippen molar-refractivity contribution in [1.82, 2.24) is 0 Å². The predicted molar refractivity (Wildman–Crippen MR) is 89.7 cm³/mol. The van der Waals surface area contributed by atoms with E-state index in [-0.39, 0.29) is 0 Å². The van der Waals surface area contributed by atoms with E-state index in [4.69, 9.17) is 0 Å². The van der Waals surface area contributed by atoms with E-state index in [0.29, 0.717) is 28.1 Å². The third-order valence-corrected chi connectivity index (χ3v) is 8.00. The Bertz CT molecular complexity index is 690. The maximum absolute atomic E-state index is 3.67. The Hall–Kier alpha value is -0.561. The first kappa shape index (κ1) is 13.4. The van der Waals surface area contributed by atoms with Crippen molar-refractivity contribution in [1.29, 1.82) is 0 Å². The zero-order valence-corrected chi connectivity index (χ0v) is 15.1. The van der Waals surface area contributed by atoms with Gasteiger partial charge in [0.1, 0.15) is 0 Å². The average Bonchev–Trinajstić information content (AvgIpc) is 2.48. The molecular formula is C16H11BrSe2. The molecule has 0 saturated carbocycles. The van der Waals surface area contributed by atoms with Crippen LogP contribution in [-0.4, -0.2) is 28.1 Å². The molecule has 3 rings (SSSR count). The van der Waals surface area contributed by atoms with Gasteiger partial charge in [0.15, 0.2) is 0 Å². The van der Waals surface area contributed by atoms with Crippen molar-refractivity contribution < 1.29 is 0 Å². The number of benzene rings is 3. The van der Waals surface area contributed by atoms with E-state index >= 15 is 0 Å². The van der Waals surface area contributed by atoms with E-state index in [9.17, 15) is 0 Å². The van der Waals surface area contributed by atoms with Crippen LogP contribution in [0.15, 0.2) is 66.7 Å². The number of fused-ring (bicyclic) bond motifs is 1. The summed E-state index contributed by atoms with van der Waals surface area (Å²) in [5, 5.41) is 2.81. The molecular weight excluding hydrogens is 430 g/mol. The van der Waals surface area contributed by atoms with Crippen molar-refractivity contribution in [2.75, 3.05) is 0 Å². The minimum absolute atomic E-state index is 0.357. The number of hydrogen-bond acceptors (Lipinski definition) is 0. The van der Waals surface area contributed by atoms with E-state index in [1.165, 1.54) is 24.2 Å². The normalized spacial score (nSPS) is 10.8. The van der Waals surface area contributed by atoms with Crippen LogP contribution in [-0.2, 0) is 0 Å². The van der Waals surface area contributed by atoms with Crippen molar-refractivity contribution in [3.05, 3.63) is 66.7 Å². The van der Waals surface area contributed by atoms with E-state index in [1.807, 2.05) is 0 Å². The Morgan fingerprint density at radius 3 is 2.05 bits per heavy atom. The number of halogens is 1. The van der Waals surface area contributed by atoms with Crippen LogP contribution in [0.25, 0.3) is 10.8 Å². The van der Waals surface area contributed by atoms with Gasteiger partial charge < -0.3 is 0 Å². The SMILES string of the molecule is Br[Se]c1cccc2cccc([Se]c3ccccc3)c12. The number of rotatable bonds is 3. The van der Waals surface area contributed by atoms with Gasteiger partial charge in [-0.2, -0.15) is 0 Å². The fourth-order valence-electron chi connectivity index (χ4n) is 2.04. The van der Waals surface area contributed by atoms with Crippen LogP contribution in [0.1, 0.15) is 0 Å².